The van der Waals surface area contributed by atoms with E-state index in [1.165, 1.54) is 0 Å². The first kappa shape index (κ1) is 16.1. The number of para-hydroxylation sites is 1. The number of aromatic nitrogens is 2. The fraction of sp³-hybridized carbons (Fsp3) is 0.167. The normalized spacial score (nSPS) is 10.7. The first-order valence-corrected chi connectivity index (χ1v) is 8.04. The maximum atomic E-state index is 12.7. The second-order valence-corrected chi connectivity index (χ2v) is 5.68. The molecule has 1 aromatic heterocycles. The minimum atomic E-state index is -0.464. The Labute approximate surface area is 143 Å². The molecule has 122 valence electrons. The van der Waals surface area contributed by atoms with Gasteiger partial charge in [0, 0.05) is 5.56 Å². The molecule has 0 unspecified atom stereocenters. The molecule has 0 aliphatic rings. The summed E-state index contributed by atoms with van der Waals surface area (Å²) >= 11 is 5.19. The standard InChI is InChI=1S/C18H16N2O3S/c1-2-11-23-13-9-7-12(8-10-13)16(21)20-17(22)14-5-3-4-6-15(14)19-18(20)24/h3-10H,2,11H2,1H3,(H,19,24). The van der Waals surface area contributed by atoms with Crippen LogP contribution in [0.3, 0.4) is 0 Å². The molecule has 0 spiro atoms. The summed E-state index contributed by atoms with van der Waals surface area (Å²) in [5, 5.41) is 0.419. The molecule has 6 heteroatoms. The van der Waals surface area contributed by atoms with Crippen LogP contribution in [0.15, 0.2) is 53.3 Å². The summed E-state index contributed by atoms with van der Waals surface area (Å²) < 4.78 is 6.56. The lowest BCUT2D eigenvalue weighted by Crippen LogP contribution is -2.29. The highest BCUT2D eigenvalue weighted by Crippen LogP contribution is 2.14. The lowest BCUT2D eigenvalue weighted by Gasteiger charge is -2.08. The number of nitrogens with one attached hydrogen (secondary N) is 1. The van der Waals surface area contributed by atoms with Crippen molar-refractivity contribution in [1.82, 2.24) is 9.55 Å². The molecule has 0 saturated carbocycles. The summed E-state index contributed by atoms with van der Waals surface area (Å²) in [4.78, 5) is 28.2. The Morgan fingerprint density at radius 2 is 1.88 bits per heavy atom. The minimum absolute atomic E-state index is 0.0787. The highest BCUT2D eigenvalue weighted by molar-refractivity contribution is 7.71. The Hall–Kier alpha value is -2.73. The highest BCUT2D eigenvalue weighted by atomic mass is 32.1. The van der Waals surface area contributed by atoms with E-state index in [9.17, 15) is 9.59 Å². The van der Waals surface area contributed by atoms with Gasteiger partial charge in [-0.2, -0.15) is 0 Å². The zero-order chi connectivity index (χ0) is 17.1. The average Bonchev–Trinajstić information content (AvgIpc) is 2.60. The fourth-order valence-electron chi connectivity index (χ4n) is 2.39. The third kappa shape index (κ3) is 3.00. The van der Waals surface area contributed by atoms with Crippen molar-refractivity contribution in [2.24, 2.45) is 0 Å². The van der Waals surface area contributed by atoms with E-state index < -0.39 is 11.5 Å². The van der Waals surface area contributed by atoms with Gasteiger partial charge in [0.15, 0.2) is 4.77 Å². The summed E-state index contributed by atoms with van der Waals surface area (Å²) in [6.45, 7) is 2.63. The van der Waals surface area contributed by atoms with Crippen LogP contribution in [0.2, 0.25) is 0 Å². The molecular weight excluding hydrogens is 324 g/mol. The molecule has 0 aliphatic carbocycles. The van der Waals surface area contributed by atoms with E-state index in [0.29, 0.717) is 28.8 Å². The molecule has 0 atom stereocenters. The molecule has 0 radical (unpaired) electrons. The molecule has 2 aromatic carbocycles. The van der Waals surface area contributed by atoms with Crippen molar-refractivity contribution in [3.63, 3.8) is 0 Å². The number of fused-ring (bicyclic) bond motifs is 1. The van der Waals surface area contributed by atoms with E-state index in [1.54, 1.807) is 48.5 Å². The first-order chi connectivity index (χ1) is 11.6. The van der Waals surface area contributed by atoms with Crippen molar-refractivity contribution in [2.75, 3.05) is 6.61 Å². The van der Waals surface area contributed by atoms with Gasteiger partial charge < -0.3 is 9.72 Å². The van der Waals surface area contributed by atoms with E-state index in [4.69, 9.17) is 17.0 Å². The number of hydrogen-bond donors (Lipinski definition) is 1. The van der Waals surface area contributed by atoms with Crippen LogP contribution in [0.5, 0.6) is 5.75 Å². The largest absolute Gasteiger partial charge is 0.494 e. The molecule has 5 nitrogen and oxygen atoms in total. The Morgan fingerprint density at radius 1 is 1.17 bits per heavy atom. The van der Waals surface area contributed by atoms with Gasteiger partial charge in [0.05, 0.1) is 17.5 Å². The number of nitrogens with zero attached hydrogens (tertiary/aromatic N) is 1. The van der Waals surface area contributed by atoms with Gasteiger partial charge in [0.1, 0.15) is 5.75 Å². The van der Waals surface area contributed by atoms with Crippen LogP contribution in [-0.4, -0.2) is 22.1 Å². The molecule has 0 bridgehead atoms. The molecule has 0 saturated heterocycles. The molecule has 3 rings (SSSR count). The van der Waals surface area contributed by atoms with Gasteiger partial charge in [0.2, 0.25) is 0 Å². The number of benzene rings is 2. The quantitative estimate of drug-likeness (QED) is 0.738. The SMILES string of the molecule is CCCOc1ccc(C(=O)n2c(=S)[nH]c3ccccc3c2=O)cc1. The van der Waals surface area contributed by atoms with E-state index in [-0.39, 0.29) is 4.77 Å². The number of aromatic amines is 1. The lowest BCUT2D eigenvalue weighted by atomic mass is 10.2. The number of carbonyl (C=O) groups is 1. The minimum Gasteiger partial charge on any atom is -0.494 e. The van der Waals surface area contributed by atoms with Crippen LogP contribution in [-0.2, 0) is 0 Å². The van der Waals surface area contributed by atoms with Gasteiger partial charge in [-0.25, -0.2) is 4.57 Å². The summed E-state index contributed by atoms with van der Waals surface area (Å²) in [6, 6.07) is 13.6. The van der Waals surface area contributed by atoms with E-state index in [0.717, 1.165) is 11.0 Å². The molecule has 3 aromatic rings. The maximum Gasteiger partial charge on any atom is 0.269 e. The second-order valence-electron chi connectivity index (χ2n) is 5.29. The van der Waals surface area contributed by atoms with Crippen molar-refractivity contribution in [3.05, 3.63) is 69.2 Å². The second kappa shape index (κ2) is 6.80. The molecular formula is C18H16N2O3S. The Balaban J connectivity index is 2.03. The van der Waals surface area contributed by atoms with Gasteiger partial charge in [-0.3, -0.25) is 9.59 Å². The predicted molar refractivity (Wildman–Crippen MR) is 95.3 cm³/mol. The Morgan fingerprint density at radius 3 is 2.58 bits per heavy atom. The molecule has 24 heavy (non-hydrogen) atoms. The number of rotatable bonds is 4. The fourth-order valence-corrected chi connectivity index (χ4v) is 2.67. The summed E-state index contributed by atoms with van der Waals surface area (Å²) in [5.41, 5.74) is 0.557. The number of H-pyrrole nitrogens is 1. The molecule has 0 aliphatic heterocycles. The maximum absolute atomic E-state index is 12.7. The zero-order valence-electron chi connectivity index (χ0n) is 13.1. The van der Waals surface area contributed by atoms with Gasteiger partial charge in [-0.1, -0.05) is 19.1 Å². The van der Waals surface area contributed by atoms with Crippen LogP contribution in [0.25, 0.3) is 10.9 Å². The van der Waals surface area contributed by atoms with Crippen LogP contribution in [0, 0.1) is 4.77 Å². The van der Waals surface area contributed by atoms with Crippen LogP contribution >= 0.6 is 12.2 Å². The third-order valence-electron chi connectivity index (χ3n) is 3.58. The van der Waals surface area contributed by atoms with E-state index in [2.05, 4.69) is 4.98 Å². The number of ether oxygens (including phenoxy) is 1. The monoisotopic (exact) mass is 340 g/mol. The van der Waals surface area contributed by atoms with Crippen molar-refractivity contribution in [3.8, 4) is 5.75 Å². The van der Waals surface area contributed by atoms with Gasteiger partial charge in [0.25, 0.3) is 11.5 Å². The van der Waals surface area contributed by atoms with Crippen LogP contribution in [0.4, 0.5) is 0 Å². The van der Waals surface area contributed by atoms with Crippen molar-refractivity contribution >= 4 is 29.0 Å². The highest BCUT2D eigenvalue weighted by Gasteiger charge is 2.14. The first-order valence-electron chi connectivity index (χ1n) is 7.63. The topological polar surface area (TPSA) is 64.1 Å². The molecule has 0 fully saturated rings. The Bertz CT molecular complexity index is 1000. The number of hydrogen-bond acceptors (Lipinski definition) is 4. The average molecular weight is 340 g/mol. The molecule has 0 amide bonds. The van der Waals surface area contributed by atoms with E-state index in [1.807, 2.05) is 6.92 Å². The lowest BCUT2D eigenvalue weighted by molar-refractivity contribution is 0.0953. The smallest absolute Gasteiger partial charge is 0.269 e. The predicted octanol–water partition coefficient (Wildman–Crippen LogP) is 3.54. The Kier molecular flexibility index (Phi) is 4.57. The molecule has 1 heterocycles. The van der Waals surface area contributed by atoms with Crippen LogP contribution < -0.4 is 10.3 Å². The zero-order valence-corrected chi connectivity index (χ0v) is 13.9. The van der Waals surface area contributed by atoms with Gasteiger partial charge in [-0.05, 0) is 55.0 Å². The summed E-state index contributed by atoms with van der Waals surface area (Å²) in [7, 11) is 0. The van der Waals surface area contributed by atoms with Crippen molar-refractivity contribution < 1.29 is 9.53 Å². The van der Waals surface area contributed by atoms with Gasteiger partial charge in [-0.15, -0.1) is 0 Å². The summed E-state index contributed by atoms with van der Waals surface area (Å²) in [6.07, 6.45) is 0.905. The third-order valence-corrected chi connectivity index (χ3v) is 3.87. The molecule has 1 N–H and O–H groups in total. The van der Waals surface area contributed by atoms with E-state index >= 15 is 0 Å². The van der Waals surface area contributed by atoms with Crippen LogP contribution in [0.1, 0.15) is 23.7 Å². The van der Waals surface area contributed by atoms with Crippen molar-refractivity contribution in [2.45, 2.75) is 13.3 Å². The summed E-state index contributed by atoms with van der Waals surface area (Å²) in [5.74, 6) is 0.221. The number of carbonyl (C=O) groups excluding carboxylic acids is 1. The van der Waals surface area contributed by atoms with Gasteiger partial charge >= 0.3 is 0 Å². The van der Waals surface area contributed by atoms with Crippen molar-refractivity contribution in [1.29, 1.82) is 0 Å².